The van der Waals surface area contributed by atoms with Crippen molar-refractivity contribution in [2.24, 2.45) is 5.73 Å². The number of hydrogen-bond donors (Lipinski definition) is 1. The van der Waals surface area contributed by atoms with Gasteiger partial charge in [0.25, 0.3) is 0 Å². The molecule has 2 aromatic rings. The normalized spacial score (nSPS) is 11.7. The summed E-state index contributed by atoms with van der Waals surface area (Å²) >= 11 is 0. The number of hydrogen-bond acceptors (Lipinski definition) is 3. The molecule has 25 heavy (non-hydrogen) atoms. The van der Waals surface area contributed by atoms with Gasteiger partial charge >= 0.3 is 0 Å². The largest absolute Gasteiger partial charge is 0.330 e. The highest BCUT2D eigenvalue weighted by Crippen LogP contribution is 2.18. The molecule has 0 aliphatic rings. The Morgan fingerprint density at radius 2 is 1.56 bits per heavy atom. The number of para-hydroxylation sites is 2. The van der Waals surface area contributed by atoms with Gasteiger partial charge < -0.3 is 15.2 Å². The first-order chi connectivity index (χ1) is 12.2. The lowest BCUT2D eigenvalue weighted by molar-refractivity contribution is 0.383. The van der Waals surface area contributed by atoms with E-state index in [0.29, 0.717) is 0 Å². The molecule has 0 aliphatic carbocycles. The van der Waals surface area contributed by atoms with Crippen LogP contribution in [-0.2, 0) is 13.0 Å². The standard InChI is InChI=1S/C21H36N4/c1-24(2)17-18-25-20-14-11-10-13-19(20)23-21(25)15-9-7-5-3-4-6-8-12-16-22/h10-11,13-14H,3-9,12,15-18,22H2,1-2H3. The third kappa shape index (κ3) is 6.79. The van der Waals surface area contributed by atoms with E-state index in [-0.39, 0.29) is 0 Å². The van der Waals surface area contributed by atoms with Crippen molar-refractivity contribution in [2.75, 3.05) is 27.2 Å². The molecule has 0 saturated carbocycles. The maximum atomic E-state index is 5.53. The van der Waals surface area contributed by atoms with Crippen LogP contribution in [0.15, 0.2) is 24.3 Å². The van der Waals surface area contributed by atoms with Crippen molar-refractivity contribution in [2.45, 2.75) is 64.3 Å². The lowest BCUT2D eigenvalue weighted by Gasteiger charge is -2.13. The van der Waals surface area contributed by atoms with Crippen LogP contribution in [0.3, 0.4) is 0 Å². The first kappa shape index (κ1) is 19.9. The third-order valence-electron chi connectivity index (χ3n) is 4.86. The molecule has 0 aliphatic heterocycles. The molecule has 0 amide bonds. The molecule has 0 radical (unpaired) electrons. The van der Waals surface area contributed by atoms with E-state index < -0.39 is 0 Å². The Labute approximate surface area is 153 Å². The molecule has 0 bridgehead atoms. The highest BCUT2D eigenvalue weighted by molar-refractivity contribution is 5.75. The predicted octanol–water partition coefficient (Wildman–Crippen LogP) is 4.22. The smallest absolute Gasteiger partial charge is 0.109 e. The SMILES string of the molecule is CN(C)CCn1c(CCCCCCCCCCN)nc2ccccc21. The summed E-state index contributed by atoms with van der Waals surface area (Å²) in [6, 6.07) is 8.53. The molecule has 0 unspecified atom stereocenters. The maximum Gasteiger partial charge on any atom is 0.109 e. The quantitative estimate of drug-likeness (QED) is 0.553. The number of nitrogens with two attached hydrogens (primary N) is 1. The average Bonchev–Trinajstić information content (AvgIpc) is 2.96. The van der Waals surface area contributed by atoms with Crippen LogP contribution in [0.1, 0.15) is 57.2 Å². The maximum absolute atomic E-state index is 5.53. The van der Waals surface area contributed by atoms with Crippen molar-refractivity contribution in [3.05, 3.63) is 30.1 Å². The Bertz CT molecular complexity index is 603. The minimum atomic E-state index is 0.842. The number of benzene rings is 1. The van der Waals surface area contributed by atoms with Crippen molar-refractivity contribution >= 4 is 11.0 Å². The molecule has 0 atom stereocenters. The van der Waals surface area contributed by atoms with Crippen molar-refractivity contribution in [3.63, 3.8) is 0 Å². The molecule has 4 nitrogen and oxygen atoms in total. The van der Waals surface area contributed by atoms with Crippen LogP contribution in [0, 0.1) is 0 Å². The minimum absolute atomic E-state index is 0.842. The molecule has 1 heterocycles. The van der Waals surface area contributed by atoms with E-state index in [0.717, 1.165) is 31.6 Å². The van der Waals surface area contributed by atoms with Crippen LogP contribution in [0.5, 0.6) is 0 Å². The van der Waals surface area contributed by atoms with E-state index in [4.69, 9.17) is 10.7 Å². The Balaban J connectivity index is 1.78. The summed E-state index contributed by atoms with van der Waals surface area (Å²) in [5.74, 6) is 1.26. The zero-order valence-electron chi connectivity index (χ0n) is 16.2. The average molecular weight is 345 g/mol. The summed E-state index contributed by atoms with van der Waals surface area (Å²) in [7, 11) is 4.26. The van der Waals surface area contributed by atoms with Gasteiger partial charge in [0.05, 0.1) is 11.0 Å². The van der Waals surface area contributed by atoms with Gasteiger partial charge in [-0.05, 0) is 45.6 Å². The molecule has 1 aromatic heterocycles. The zero-order chi connectivity index (χ0) is 17.9. The van der Waals surface area contributed by atoms with Gasteiger partial charge in [-0.1, -0.05) is 50.7 Å². The van der Waals surface area contributed by atoms with Gasteiger partial charge in [-0.15, -0.1) is 0 Å². The number of imidazole rings is 1. The Morgan fingerprint density at radius 1 is 0.920 bits per heavy atom. The van der Waals surface area contributed by atoms with Gasteiger partial charge in [0.15, 0.2) is 0 Å². The summed E-state index contributed by atoms with van der Waals surface area (Å²) in [5.41, 5.74) is 7.94. The first-order valence-electron chi connectivity index (χ1n) is 10.0. The lowest BCUT2D eigenvalue weighted by atomic mass is 10.1. The fourth-order valence-electron chi connectivity index (χ4n) is 3.35. The van der Waals surface area contributed by atoms with Crippen LogP contribution in [0.4, 0.5) is 0 Å². The number of fused-ring (bicyclic) bond motifs is 1. The molecule has 0 saturated heterocycles. The van der Waals surface area contributed by atoms with E-state index in [1.807, 2.05) is 0 Å². The number of nitrogens with zero attached hydrogens (tertiary/aromatic N) is 3. The van der Waals surface area contributed by atoms with Crippen molar-refractivity contribution < 1.29 is 0 Å². The molecule has 2 N–H and O–H groups in total. The first-order valence-corrected chi connectivity index (χ1v) is 10.0. The second-order valence-electron chi connectivity index (χ2n) is 7.34. The van der Waals surface area contributed by atoms with E-state index in [1.54, 1.807) is 0 Å². The molecular weight excluding hydrogens is 308 g/mol. The number of likely N-dealkylation sites (N-methyl/N-ethyl adjacent to an activating group) is 1. The van der Waals surface area contributed by atoms with Gasteiger partial charge in [0.1, 0.15) is 5.82 Å². The summed E-state index contributed by atoms with van der Waals surface area (Å²) in [5, 5.41) is 0. The van der Waals surface area contributed by atoms with Gasteiger partial charge in [0.2, 0.25) is 0 Å². The molecule has 140 valence electrons. The topological polar surface area (TPSA) is 47.1 Å². The molecule has 0 fully saturated rings. The summed E-state index contributed by atoms with van der Waals surface area (Å²) in [6.07, 6.45) is 11.5. The number of rotatable bonds is 13. The monoisotopic (exact) mass is 344 g/mol. The van der Waals surface area contributed by atoms with E-state index >= 15 is 0 Å². The van der Waals surface area contributed by atoms with Crippen molar-refractivity contribution in [1.82, 2.24) is 14.5 Å². The predicted molar refractivity (Wildman–Crippen MR) is 108 cm³/mol. The van der Waals surface area contributed by atoms with Crippen LogP contribution in [0.25, 0.3) is 11.0 Å². The number of aromatic nitrogens is 2. The number of unbranched alkanes of at least 4 members (excludes halogenated alkanes) is 7. The summed E-state index contributed by atoms with van der Waals surface area (Å²) in [6.45, 7) is 2.91. The van der Waals surface area contributed by atoms with Gasteiger partial charge in [-0.3, -0.25) is 0 Å². The highest BCUT2D eigenvalue weighted by Gasteiger charge is 2.10. The number of aryl methyl sites for hydroxylation is 1. The summed E-state index contributed by atoms with van der Waals surface area (Å²) < 4.78 is 2.42. The minimum Gasteiger partial charge on any atom is -0.330 e. The van der Waals surface area contributed by atoms with E-state index in [1.165, 1.54) is 62.7 Å². The molecular formula is C21H36N4. The van der Waals surface area contributed by atoms with Gasteiger partial charge in [-0.25, -0.2) is 4.98 Å². The van der Waals surface area contributed by atoms with Gasteiger partial charge in [-0.2, -0.15) is 0 Å². The molecule has 1 aromatic carbocycles. The van der Waals surface area contributed by atoms with Gasteiger partial charge in [0, 0.05) is 19.5 Å². The van der Waals surface area contributed by atoms with Crippen LogP contribution in [0.2, 0.25) is 0 Å². The third-order valence-corrected chi connectivity index (χ3v) is 4.86. The summed E-state index contributed by atoms with van der Waals surface area (Å²) in [4.78, 5) is 7.13. The second kappa shape index (κ2) is 11.3. The molecule has 4 heteroatoms. The van der Waals surface area contributed by atoms with Crippen LogP contribution in [-0.4, -0.2) is 41.6 Å². The van der Waals surface area contributed by atoms with Crippen molar-refractivity contribution in [1.29, 1.82) is 0 Å². The lowest BCUT2D eigenvalue weighted by Crippen LogP contribution is -2.19. The van der Waals surface area contributed by atoms with Crippen molar-refractivity contribution in [3.8, 4) is 0 Å². The zero-order valence-corrected chi connectivity index (χ0v) is 16.2. The van der Waals surface area contributed by atoms with Crippen LogP contribution < -0.4 is 5.73 Å². The fraction of sp³-hybridized carbons (Fsp3) is 0.667. The fourth-order valence-corrected chi connectivity index (χ4v) is 3.35. The second-order valence-corrected chi connectivity index (χ2v) is 7.34. The Hall–Kier alpha value is -1.39. The van der Waals surface area contributed by atoms with E-state index in [9.17, 15) is 0 Å². The molecule has 0 spiro atoms. The Kier molecular flexibility index (Phi) is 8.98. The van der Waals surface area contributed by atoms with E-state index in [2.05, 4.69) is 47.8 Å². The van der Waals surface area contributed by atoms with Crippen LogP contribution >= 0.6 is 0 Å². The molecule has 2 rings (SSSR count). The highest BCUT2D eigenvalue weighted by atomic mass is 15.1. The Morgan fingerprint density at radius 3 is 2.24 bits per heavy atom.